The molecule has 0 aliphatic heterocycles. The normalized spacial score (nSPS) is 11.2. The van der Waals surface area contributed by atoms with Gasteiger partial charge in [0.15, 0.2) is 0 Å². The van der Waals surface area contributed by atoms with Crippen molar-refractivity contribution in [3.8, 4) is 11.4 Å². The Hall–Kier alpha value is -3.85. The summed E-state index contributed by atoms with van der Waals surface area (Å²) in [7, 11) is 3.17. The Morgan fingerprint density at radius 1 is 1.03 bits per heavy atom. The van der Waals surface area contributed by atoms with Crippen LogP contribution < -0.4 is 15.4 Å². The van der Waals surface area contributed by atoms with Gasteiger partial charge in [-0.05, 0) is 48.4 Å². The van der Waals surface area contributed by atoms with Crippen LogP contribution in [0.1, 0.15) is 39.0 Å². The van der Waals surface area contributed by atoms with Crippen molar-refractivity contribution in [2.75, 3.05) is 44.5 Å². The van der Waals surface area contributed by atoms with Crippen LogP contribution in [0.3, 0.4) is 0 Å². The van der Waals surface area contributed by atoms with Gasteiger partial charge in [-0.25, -0.2) is 9.48 Å². The molecule has 2 N–H and O–H groups in total. The van der Waals surface area contributed by atoms with E-state index in [1.165, 1.54) is 4.90 Å². The highest BCUT2D eigenvalue weighted by Crippen LogP contribution is 2.27. The number of ether oxygens (including phenoxy) is 2. The monoisotopic (exact) mass is 507 g/mol. The number of urea groups is 1. The fourth-order valence-corrected chi connectivity index (χ4v) is 3.64. The molecule has 0 aliphatic rings. The minimum atomic E-state index is -0.375. The Bertz CT molecular complexity index is 1200. The third kappa shape index (κ3) is 7.57. The van der Waals surface area contributed by atoms with E-state index in [0.717, 1.165) is 29.1 Å². The molecule has 2 aromatic carbocycles. The van der Waals surface area contributed by atoms with E-state index in [1.807, 2.05) is 54.6 Å². The van der Waals surface area contributed by atoms with Crippen LogP contribution >= 0.6 is 0 Å². The first kappa shape index (κ1) is 27.7. The highest BCUT2D eigenvalue weighted by atomic mass is 16.5. The van der Waals surface area contributed by atoms with Crippen LogP contribution in [0.25, 0.3) is 5.69 Å². The van der Waals surface area contributed by atoms with E-state index in [2.05, 4.69) is 38.3 Å². The van der Waals surface area contributed by atoms with Gasteiger partial charge in [-0.2, -0.15) is 5.10 Å². The minimum absolute atomic E-state index is 0.151. The Morgan fingerprint density at radius 3 is 2.38 bits per heavy atom. The molecule has 0 saturated heterocycles. The molecule has 0 aliphatic carbocycles. The van der Waals surface area contributed by atoms with Gasteiger partial charge < -0.3 is 25.0 Å². The number of methoxy groups -OCH3 is 2. The smallest absolute Gasteiger partial charge is 0.322 e. The van der Waals surface area contributed by atoms with Gasteiger partial charge >= 0.3 is 6.03 Å². The van der Waals surface area contributed by atoms with Crippen LogP contribution in [0.2, 0.25) is 0 Å². The van der Waals surface area contributed by atoms with Crippen LogP contribution in [-0.2, 0) is 21.4 Å². The van der Waals surface area contributed by atoms with Crippen LogP contribution in [0.15, 0.2) is 54.6 Å². The molecule has 0 atom stereocenters. The number of hydrogen-bond donors (Lipinski definition) is 2. The van der Waals surface area contributed by atoms with Gasteiger partial charge in [0.05, 0.1) is 25.1 Å². The van der Waals surface area contributed by atoms with Crippen molar-refractivity contribution in [3.05, 3.63) is 65.9 Å². The molecule has 9 heteroatoms. The van der Waals surface area contributed by atoms with Crippen LogP contribution in [0.4, 0.5) is 16.3 Å². The second-order valence-electron chi connectivity index (χ2n) is 9.72. The summed E-state index contributed by atoms with van der Waals surface area (Å²) in [5.41, 5.74) is 3.16. The Balaban J connectivity index is 1.80. The number of anilines is 2. The molecule has 1 aromatic heterocycles. The number of aryl methyl sites for hydroxylation is 1. The number of hydrogen-bond acceptors (Lipinski definition) is 5. The Kier molecular flexibility index (Phi) is 9.30. The molecule has 1 heterocycles. The molecule has 0 fully saturated rings. The number of nitrogens with zero attached hydrogens (tertiary/aromatic N) is 3. The predicted octanol–water partition coefficient (Wildman–Crippen LogP) is 4.86. The molecule has 3 rings (SSSR count). The molecule has 0 unspecified atom stereocenters. The molecule has 0 radical (unpaired) electrons. The summed E-state index contributed by atoms with van der Waals surface area (Å²) < 4.78 is 12.1. The van der Waals surface area contributed by atoms with Crippen LogP contribution in [0.5, 0.6) is 5.75 Å². The summed E-state index contributed by atoms with van der Waals surface area (Å²) >= 11 is 0. The van der Waals surface area contributed by atoms with Crippen molar-refractivity contribution < 1.29 is 19.1 Å². The van der Waals surface area contributed by atoms with E-state index in [4.69, 9.17) is 14.6 Å². The summed E-state index contributed by atoms with van der Waals surface area (Å²) in [6, 6.07) is 16.6. The lowest BCUT2D eigenvalue weighted by Gasteiger charge is -2.22. The maximum Gasteiger partial charge on any atom is 0.322 e. The fraction of sp³-hybridized carbons (Fsp3) is 0.393. The summed E-state index contributed by atoms with van der Waals surface area (Å²) in [5.74, 6) is 0.897. The summed E-state index contributed by atoms with van der Waals surface area (Å²) in [6.45, 7) is 8.64. The quantitative estimate of drug-likeness (QED) is 0.408. The topological polar surface area (TPSA) is 97.7 Å². The van der Waals surface area contributed by atoms with Crippen molar-refractivity contribution in [1.82, 2.24) is 14.7 Å². The van der Waals surface area contributed by atoms with E-state index in [-0.39, 0.29) is 30.4 Å². The highest BCUT2D eigenvalue weighted by Gasteiger charge is 2.23. The van der Waals surface area contributed by atoms with Gasteiger partial charge in [0, 0.05) is 30.8 Å². The molecule has 3 amide bonds. The number of nitrogens with one attached hydrogen (secondary N) is 2. The first-order chi connectivity index (χ1) is 17.6. The Labute approximate surface area is 218 Å². The second-order valence-corrected chi connectivity index (χ2v) is 9.72. The summed E-state index contributed by atoms with van der Waals surface area (Å²) in [6.07, 6.45) is 0.859. The van der Waals surface area contributed by atoms with E-state index < -0.39 is 0 Å². The van der Waals surface area contributed by atoms with Crippen molar-refractivity contribution in [2.24, 2.45) is 0 Å². The largest absolute Gasteiger partial charge is 0.497 e. The molecule has 37 heavy (non-hydrogen) atoms. The number of aromatic nitrogens is 2. The average Bonchev–Trinajstić information content (AvgIpc) is 3.30. The lowest BCUT2D eigenvalue weighted by atomic mass is 9.92. The van der Waals surface area contributed by atoms with Gasteiger partial charge in [-0.1, -0.05) is 39.8 Å². The van der Waals surface area contributed by atoms with Crippen molar-refractivity contribution >= 4 is 23.4 Å². The maximum absolute atomic E-state index is 13.2. The second kappa shape index (κ2) is 12.4. The standard InChI is InChI=1S/C28H37N5O4/c1-7-20-9-8-10-21(17-20)29-27(35)32(15-16-36-5)19-26(34)30-25-18-24(28(2,3)4)31-33(25)22-11-13-23(37-6)14-12-22/h8-14,17-18H,7,15-16,19H2,1-6H3,(H,29,35)(H,30,34). The number of carbonyl (C=O) groups excluding carboxylic acids is 2. The Morgan fingerprint density at radius 2 is 1.76 bits per heavy atom. The van der Waals surface area contributed by atoms with Gasteiger partial charge in [0.1, 0.15) is 18.1 Å². The maximum atomic E-state index is 13.2. The van der Waals surface area contributed by atoms with Gasteiger partial charge in [-0.3, -0.25) is 4.79 Å². The predicted molar refractivity (Wildman–Crippen MR) is 146 cm³/mol. The van der Waals surface area contributed by atoms with Gasteiger partial charge in [0.25, 0.3) is 0 Å². The first-order valence-electron chi connectivity index (χ1n) is 12.3. The lowest BCUT2D eigenvalue weighted by Crippen LogP contribution is -2.42. The zero-order chi connectivity index (χ0) is 27.0. The van der Waals surface area contributed by atoms with E-state index in [1.54, 1.807) is 18.9 Å². The van der Waals surface area contributed by atoms with E-state index in [9.17, 15) is 9.59 Å². The van der Waals surface area contributed by atoms with Crippen molar-refractivity contribution in [2.45, 2.75) is 39.5 Å². The third-order valence-electron chi connectivity index (χ3n) is 5.84. The number of benzene rings is 2. The number of amides is 3. The molecule has 9 nitrogen and oxygen atoms in total. The summed E-state index contributed by atoms with van der Waals surface area (Å²) in [4.78, 5) is 27.6. The van der Waals surface area contributed by atoms with Crippen molar-refractivity contribution in [1.29, 1.82) is 0 Å². The molecule has 0 saturated carbocycles. The average molecular weight is 508 g/mol. The van der Waals surface area contributed by atoms with Gasteiger partial charge in [-0.15, -0.1) is 0 Å². The lowest BCUT2D eigenvalue weighted by molar-refractivity contribution is -0.116. The van der Waals surface area contributed by atoms with E-state index in [0.29, 0.717) is 18.1 Å². The third-order valence-corrected chi connectivity index (χ3v) is 5.84. The molecule has 3 aromatic rings. The SMILES string of the molecule is CCc1cccc(NC(=O)N(CCOC)CC(=O)Nc2cc(C(C)(C)C)nn2-c2ccc(OC)cc2)c1. The van der Waals surface area contributed by atoms with Gasteiger partial charge in [0.2, 0.25) is 5.91 Å². The van der Waals surface area contributed by atoms with Crippen LogP contribution in [-0.4, -0.2) is 60.5 Å². The molecular weight excluding hydrogens is 470 g/mol. The number of rotatable bonds is 10. The molecular formula is C28H37N5O4. The highest BCUT2D eigenvalue weighted by molar-refractivity contribution is 5.96. The molecule has 198 valence electrons. The van der Waals surface area contributed by atoms with Crippen LogP contribution in [0, 0.1) is 0 Å². The minimum Gasteiger partial charge on any atom is -0.497 e. The zero-order valence-corrected chi connectivity index (χ0v) is 22.5. The molecule has 0 bridgehead atoms. The fourth-order valence-electron chi connectivity index (χ4n) is 3.64. The molecule has 0 spiro atoms. The number of carbonyl (C=O) groups is 2. The van der Waals surface area contributed by atoms with E-state index >= 15 is 0 Å². The van der Waals surface area contributed by atoms with Crippen molar-refractivity contribution in [3.63, 3.8) is 0 Å². The zero-order valence-electron chi connectivity index (χ0n) is 22.5. The summed E-state index contributed by atoms with van der Waals surface area (Å²) in [5, 5.41) is 10.6. The first-order valence-corrected chi connectivity index (χ1v) is 12.3.